The van der Waals surface area contributed by atoms with Gasteiger partial charge < -0.3 is 11.1 Å². The number of benzene rings is 1. The molecule has 140 valence electrons. The molecule has 2 aromatic rings. The van der Waals surface area contributed by atoms with Gasteiger partial charge in [-0.25, -0.2) is 0 Å². The molecule has 0 saturated carbocycles. The summed E-state index contributed by atoms with van der Waals surface area (Å²) in [6.07, 6.45) is 0. The number of imide groups is 1. The SMILES string of the molecule is Cc1c(C(=O)NCC(C)C)cccc1-n1c(N)c2c(cc1=O)C(=O)NC2=O. The van der Waals surface area contributed by atoms with Gasteiger partial charge in [-0.15, -0.1) is 0 Å². The fourth-order valence-electron chi connectivity index (χ4n) is 3.03. The second kappa shape index (κ2) is 6.71. The van der Waals surface area contributed by atoms with Gasteiger partial charge in [0, 0.05) is 18.2 Å². The normalized spacial score (nSPS) is 12.9. The van der Waals surface area contributed by atoms with Gasteiger partial charge in [0.05, 0.1) is 16.8 Å². The van der Waals surface area contributed by atoms with Crippen molar-refractivity contribution in [1.82, 2.24) is 15.2 Å². The van der Waals surface area contributed by atoms with Crippen molar-refractivity contribution >= 4 is 23.5 Å². The molecular weight excluding hydrogens is 348 g/mol. The van der Waals surface area contributed by atoms with Crippen molar-refractivity contribution in [3.05, 3.63) is 56.9 Å². The van der Waals surface area contributed by atoms with Crippen LogP contribution in [0.4, 0.5) is 5.82 Å². The van der Waals surface area contributed by atoms with Crippen LogP contribution in [0.5, 0.6) is 0 Å². The minimum absolute atomic E-state index is 0.0336. The standard InChI is InChI=1S/C19H20N4O4/c1-9(2)8-21-17(25)11-5-4-6-13(10(11)3)23-14(24)7-12-15(16(23)20)19(27)22-18(12)26/h4-7,9H,8,20H2,1-3H3,(H,21,25)(H,22,26,27). The highest BCUT2D eigenvalue weighted by molar-refractivity contribution is 6.23. The van der Waals surface area contributed by atoms with Gasteiger partial charge in [-0.2, -0.15) is 0 Å². The number of aromatic nitrogens is 1. The Morgan fingerprint density at radius 1 is 1.22 bits per heavy atom. The highest BCUT2D eigenvalue weighted by Gasteiger charge is 2.32. The highest BCUT2D eigenvalue weighted by atomic mass is 16.2. The van der Waals surface area contributed by atoms with E-state index in [0.29, 0.717) is 29.3 Å². The Morgan fingerprint density at radius 2 is 1.93 bits per heavy atom. The van der Waals surface area contributed by atoms with E-state index in [1.54, 1.807) is 25.1 Å². The van der Waals surface area contributed by atoms with Gasteiger partial charge >= 0.3 is 0 Å². The quantitative estimate of drug-likeness (QED) is 0.695. The first-order valence-electron chi connectivity index (χ1n) is 8.51. The summed E-state index contributed by atoms with van der Waals surface area (Å²) in [7, 11) is 0. The minimum Gasteiger partial charge on any atom is -0.384 e. The summed E-state index contributed by atoms with van der Waals surface area (Å²) in [6.45, 7) is 6.19. The summed E-state index contributed by atoms with van der Waals surface area (Å²) in [5, 5.41) is 4.96. The maximum atomic E-state index is 12.6. The number of nitrogens with one attached hydrogen (secondary N) is 2. The van der Waals surface area contributed by atoms with E-state index < -0.39 is 17.4 Å². The van der Waals surface area contributed by atoms with Gasteiger partial charge in [-0.1, -0.05) is 19.9 Å². The lowest BCUT2D eigenvalue weighted by atomic mass is 10.0. The molecule has 0 saturated heterocycles. The van der Waals surface area contributed by atoms with Crippen LogP contribution in [-0.4, -0.2) is 28.8 Å². The van der Waals surface area contributed by atoms with E-state index in [2.05, 4.69) is 10.6 Å². The molecule has 0 bridgehead atoms. The van der Waals surface area contributed by atoms with Crippen molar-refractivity contribution in [2.75, 3.05) is 12.3 Å². The Morgan fingerprint density at radius 3 is 2.59 bits per heavy atom. The second-order valence-corrected chi connectivity index (χ2v) is 6.83. The van der Waals surface area contributed by atoms with E-state index in [1.165, 1.54) is 0 Å². The van der Waals surface area contributed by atoms with Crippen LogP contribution in [0.25, 0.3) is 5.69 Å². The Kier molecular flexibility index (Phi) is 4.57. The van der Waals surface area contributed by atoms with Crippen LogP contribution < -0.4 is 21.9 Å². The number of carbonyl (C=O) groups excluding carboxylic acids is 3. The Hall–Kier alpha value is -3.42. The predicted octanol–water partition coefficient (Wildman–Crippen LogP) is 0.998. The number of rotatable bonds is 4. The number of anilines is 1. The Balaban J connectivity index is 2.14. The zero-order valence-electron chi connectivity index (χ0n) is 15.3. The average Bonchev–Trinajstić information content (AvgIpc) is 2.88. The smallest absolute Gasteiger partial charge is 0.262 e. The van der Waals surface area contributed by atoms with E-state index in [-0.39, 0.29) is 22.9 Å². The van der Waals surface area contributed by atoms with Gasteiger partial charge in [0.15, 0.2) is 0 Å². The Labute approximate surface area is 155 Å². The lowest BCUT2D eigenvalue weighted by molar-refractivity contribution is 0.0878. The van der Waals surface area contributed by atoms with E-state index in [4.69, 9.17) is 5.73 Å². The molecule has 1 aliphatic heterocycles. The third kappa shape index (κ3) is 3.10. The lowest BCUT2D eigenvalue weighted by Crippen LogP contribution is -2.29. The highest BCUT2D eigenvalue weighted by Crippen LogP contribution is 2.25. The largest absolute Gasteiger partial charge is 0.384 e. The van der Waals surface area contributed by atoms with E-state index in [1.807, 2.05) is 13.8 Å². The van der Waals surface area contributed by atoms with Gasteiger partial charge in [-0.05, 0) is 30.5 Å². The number of hydrogen-bond donors (Lipinski definition) is 3. The number of carbonyl (C=O) groups is 3. The predicted molar refractivity (Wildman–Crippen MR) is 100 cm³/mol. The van der Waals surface area contributed by atoms with Crippen LogP contribution in [0, 0.1) is 12.8 Å². The van der Waals surface area contributed by atoms with Crippen LogP contribution in [0.3, 0.4) is 0 Å². The molecule has 0 fully saturated rings. The van der Waals surface area contributed by atoms with Crippen molar-refractivity contribution < 1.29 is 14.4 Å². The maximum absolute atomic E-state index is 12.6. The first kappa shape index (κ1) is 18.4. The number of fused-ring (bicyclic) bond motifs is 1. The zero-order chi connectivity index (χ0) is 19.9. The summed E-state index contributed by atoms with van der Waals surface area (Å²) < 4.78 is 1.14. The van der Waals surface area contributed by atoms with Crippen LogP contribution >= 0.6 is 0 Å². The van der Waals surface area contributed by atoms with Crippen LogP contribution in [-0.2, 0) is 0 Å². The van der Waals surface area contributed by atoms with Crippen molar-refractivity contribution in [3.8, 4) is 5.69 Å². The lowest BCUT2D eigenvalue weighted by Gasteiger charge is -2.16. The molecule has 0 aliphatic carbocycles. The van der Waals surface area contributed by atoms with Gasteiger partial charge in [0.1, 0.15) is 5.82 Å². The molecule has 2 heterocycles. The number of hydrogen-bond acceptors (Lipinski definition) is 5. The monoisotopic (exact) mass is 368 g/mol. The molecule has 0 unspecified atom stereocenters. The number of nitrogens with zero attached hydrogens (tertiary/aromatic N) is 1. The third-order valence-corrected chi connectivity index (χ3v) is 4.41. The molecule has 27 heavy (non-hydrogen) atoms. The average molecular weight is 368 g/mol. The molecular formula is C19H20N4O4. The molecule has 8 nitrogen and oxygen atoms in total. The first-order chi connectivity index (χ1) is 12.7. The summed E-state index contributed by atoms with van der Waals surface area (Å²) >= 11 is 0. The van der Waals surface area contributed by atoms with Gasteiger partial charge in [-0.3, -0.25) is 29.1 Å². The van der Waals surface area contributed by atoms with Crippen molar-refractivity contribution in [3.63, 3.8) is 0 Å². The maximum Gasteiger partial charge on any atom is 0.262 e. The van der Waals surface area contributed by atoms with Crippen LogP contribution in [0.2, 0.25) is 0 Å². The molecule has 0 atom stereocenters. The van der Waals surface area contributed by atoms with Gasteiger partial charge in [0.2, 0.25) is 0 Å². The molecule has 1 aliphatic rings. The minimum atomic E-state index is -0.649. The first-order valence-corrected chi connectivity index (χ1v) is 8.51. The van der Waals surface area contributed by atoms with Crippen molar-refractivity contribution in [2.45, 2.75) is 20.8 Å². The topological polar surface area (TPSA) is 123 Å². The van der Waals surface area contributed by atoms with Crippen LogP contribution in [0.1, 0.15) is 50.5 Å². The Bertz CT molecular complexity index is 1040. The van der Waals surface area contributed by atoms with E-state index in [9.17, 15) is 19.2 Å². The number of nitrogen functional groups attached to an aromatic ring is 1. The van der Waals surface area contributed by atoms with Crippen molar-refractivity contribution in [1.29, 1.82) is 0 Å². The zero-order valence-corrected chi connectivity index (χ0v) is 15.3. The fraction of sp³-hybridized carbons (Fsp3) is 0.263. The molecule has 1 aromatic heterocycles. The van der Waals surface area contributed by atoms with Crippen LogP contribution in [0.15, 0.2) is 29.1 Å². The second-order valence-electron chi connectivity index (χ2n) is 6.83. The number of nitrogens with two attached hydrogens (primary N) is 1. The van der Waals surface area contributed by atoms with E-state index in [0.717, 1.165) is 10.6 Å². The summed E-state index contributed by atoms with van der Waals surface area (Å²) in [5.74, 6) is -1.40. The van der Waals surface area contributed by atoms with Crippen molar-refractivity contribution in [2.24, 2.45) is 5.92 Å². The molecule has 3 rings (SSSR count). The summed E-state index contributed by atoms with van der Waals surface area (Å²) in [5.41, 5.74) is 6.75. The molecule has 0 radical (unpaired) electrons. The molecule has 8 heteroatoms. The number of amides is 3. The fourth-order valence-corrected chi connectivity index (χ4v) is 3.03. The molecule has 1 aromatic carbocycles. The summed E-state index contributed by atoms with van der Waals surface area (Å²) in [4.78, 5) is 48.8. The number of pyridine rings is 1. The molecule has 4 N–H and O–H groups in total. The van der Waals surface area contributed by atoms with E-state index >= 15 is 0 Å². The molecule has 3 amide bonds. The molecule has 0 spiro atoms. The third-order valence-electron chi connectivity index (χ3n) is 4.41. The summed E-state index contributed by atoms with van der Waals surface area (Å²) in [6, 6.07) is 6.00. The van der Waals surface area contributed by atoms with Gasteiger partial charge in [0.25, 0.3) is 23.3 Å².